The van der Waals surface area contributed by atoms with Gasteiger partial charge < -0.3 is 5.11 Å². The highest BCUT2D eigenvalue weighted by Crippen LogP contribution is 2.53. The molecular formula is C11H9BrF2O2. The highest BCUT2D eigenvalue weighted by Gasteiger charge is 2.47. The van der Waals surface area contributed by atoms with Crippen LogP contribution in [0.2, 0.25) is 0 Å². The van der Waals surface area contributed by atoms with Gasteiger partial charge in [0, 0.05) is 5.41 Å². The highest BCUT2D eigenvalue weighted by molar-refractivity contribution is 9.10. The van der Waals surface area contributed by atoms with Gasteiger partial charge in [-0.2, -0.15) is 0 Å². The van der Waals surface area contributed by atoms with E-state index in [1.807, 2.05) is 0 Å². The molecule has 0 unspecified atom stereocenters. The molecule has 0 spiro atoms. The van der Waals surface area contributed by atoms with Crippen molar-refractivity contribution in [1.82, 2.24) is 0 Å². The van der Waals surface area contributed by atoms with Crippen molar-refractivity contribution in [2.75, 3.05) is 0 Å². The normalized spacial score (nSPS) is 17.2. The molecule has 1 fully saturated rings. The summed E-state index contributed by atoms with van der Waals surface area (Å²) >= 11 is 2.99. The summed E-state index contributed by atoms with van der Waals surface area (Å²) in [7, 11) is 0. The zero-order valence-corrected chi connectivity index (χ0v) is 9.85. The molecule has 86 valence electrons. The van der Waals surface area contributed by atoms with Gasteiger partial charge in [-0.05, 0) is 40.4 Å². The summed E-state index contributed by atoms with van der Waals surface area (Å²) in [6, 6.07) is 2.50. The minimum absolute atomic E-state index is 0.0450. The van der Waals surface area contributed by atoms with Crippen molar-refractivity contribution in [2.45, 2.75) is 24.7 Å². The van der Waals surface area contributed by atoms with Crippen LogP contribution in [0.4, 0.5) is 8.78 Å². The van der Waals surface area contributed by atoms with Gasteiger partial charge >= 0.3 is 5.97 Å². The number of hydrogen-bond donors (Lipinski definition) is 1. The molecule has 0 aliphatic heterocycles. The molecule has 16 heavy (non-hydrogen) atoms. The third-order valence-electron chi connectivity index (χ3n) is 2.95. The van der Waals surface area contributed by atoms with Crippen LogP contribution in [0.5, 0.6) is 0 Å². The van der Waals surface area contributed by atoms with Gasteiger partial charge in [-0.3, -0.25) is 4.79 Å². The third-order valence-corrected chi connectivity index (χ3v) is 3.72. The summed E-state index contributed by atoms with van der Waals surface area (Å²) in [6.07, 6.45) is 1.35. The average molecular weight is 291 g/mol. The van der Waals surface area contributed by atoms with Gasteiger partial charge in [0.05, 0.1) is 10.9 Å². The molecule has 0 heterocycles. The van der Waals surface area contributed by atoms with Gasteiger partial charge in [0.15, 0.2) is 11.6 Å². The number of carbonyl (C=O) groups is 1. The molecule has 2 nitrogen and oxygen atoms in total. The molecule has 1 aliphatic carbocycles. The summed E-state index contributed by atoms with van der Waals surface area (Å²) < 4.78 is 26.3. The van der Waals surface area contributed by atoms with Crippen molar-refractivity contribution in [1.29, 1.82) is 0 Å². The Morgan fingerprint density at radius 2 is 2.06 bits per heavy atom. The fraction of sp³-hybridized carbons (Fsp3) is 0.364. The second-order valence-electron chi connectivity index (χ2n) is 4.07. The fourth-order valence-corrected chi connectivity index (χ4v) is 2.66. The minimum Gasteiger partial charge on any atom is -0.481 e. The van der Waals surface area contributed by atoms with E-state index in [0.717, 1.165) is 6.07 Å². The monoisotopic (exact) mass is 290 g/mol. The van der Waals surface area contributed by atoms with E-state index in [-0.39, 0.29) is 10.9 Å². The zero-order chi connectivity index (χ0) is 11.9. The molecule has 0 radical (unpaired) electrons. The molecule has 0 aromatic heterocycles. The van der Waals surface area contributed by atoms with Crippen molar-refractivity contribution >= 4 is 21.9 Å². The lowest BCUT2D eigenvalue weighted by atomic mass is 9.92. The Bertz CT molecular complexity index is 456. The smallest absolute Gasteiger partial charge is 0.304 e. The molecule has 1 saturated carbocycles. The molecule has 0 atom stereocenters. The molecular weight excluding hydrogens is 282 g/mol. The van der Waals surface area contributed by atoms with E-state index < -0.39 is 23.0 Å². The Labute approximate surface area is 99.4 Å². The first-order valence-corrected chi connectivity index (χ1v) is 5.61. The number of carboxylic acid groups (broad SMARTS) is 1. The largest absolute Gasteiger partial charge is 0.481 e. The quantitative estimate of drug-likeness (QED) is 0.868. The van der Waals surface area contributed by atoms with Crippen molar-refractivity contribution < 1.29 is 18.7 Å². The van der Waals surface area contributed by atoms with Gasteiger partial charge in [-0.1, -0.05) is 6.07 Å². The van der Waals surface area contributed by atoms with Gasteiger partial charge in [0.1, 0.15) is 0 Å². The van der Waals surface area contributed by atoms with E-state index in [2.05, 4.69) is 15.9 Å². The van der Waals surface area contributed by atoms with Crippen LogP contribution in [-0.2, 0) is 10.2 Å². The topological polar surface area (TPSA) is 37.3 Å². The van der Waals surface area contributed by atoms with Crippen molar-refractivity contribution in [2.24, 2.45) is 0 Å². The lowest BCUT2D eigenvalue weighted by Crippen LogP contribution is -2.14. The number of halogens is 3. The summed E-state index contributed by atoms with van der Waals surface area (Å²) in [5, 5.41) is 8.78. The summed E-state index contributed by atoms with van der Waals surface area (Å²) in [5.74, 6) is -2.80. The fourth-order valence-electron chi connectivity index (χ4n) is 1.92. The van der Waals surface area contributed by atoms with E-state index in [0.29, 0.717) is 18.4 Å². The first-order chi connectivity index (χ1) is 7.46. The second kappa shape index (κ2) is 3.80. The summed E-state index contributed by atoms with van der Waals surface area (Å²) in [6.45, 7) is 0. The zero-order valence-electron chi connectivity index (χ0n) is 8.27. The maximum Gasteiger partial charge on any atom is 0.304 e. The number of aliphatic carboxylic acids is 1. The van der Waals surface area contributed by atoms with E-state index in [1.54, 1.807) is 0 Å². The van der Waals surface area contributed by atoms with E-state index >= 15 is 0 Å². The average Bonchev–Trinajstić information content (AvgIpc) is 2.94. The van der Waals surface area contributed by atoms with Crippen LogP contribution in [0.25, 0.3) is 0 Å². The van der Waals surface area contributed by atoms with Crippen LogP contribution < -0.4 is 0 Å². The van der Waals surface area contributed by atoms with Crippen LogP contribution in [-0.4, -0.2) is 11.1 Å². The Kier molecular flexibility index (Phi) is 2.74. The molecule has 2 rings (SSSR count). The van der Waals surface area contributed by atoms with E-state index in [9.17, 15) is 13.6 Å². The molecule has 0 saturated heterocycles. The summed E-state index contributed by atoms with van der Waals surface area (Å²) in [4.78, 5) is 10.7. The van der Waals surface area contributed by atoms with Crippen LogP contribution in [0.3, 0.4) is 0 Å². The first kappa shape index (κ1) is 11.5. The van der Waals surface area contributed by atoms with Crippen LogP contribution >= 0.6 is 15.9 Å². The maximum atomic E-state index is 13.3. The summed E-state index contributed by atoms with van der Waals surface area (Å²) in [5.41, 5.74) is 0.0351. The lowest BCUT2D eigenvalue weighted by molar-refractivity contribution is -0.137. The molecule has 5 heteroatoms. The van der Waals surface area contributed by atoms with E-state index in [4.69, 9.17) is 5.11 Å². The van der Waals surface area contributed by atoms with Gasteiger partial charge in [-0.15, -0.1) is 0 Å². The van der Waals surface area contributed by atoms with Crippen molar-refractivity contribution in [3.63, 3.8) is 0 Å². The number of carboxylic acids is 1. The Hall–Kier alpha value is -0.970. The molecule has 1 aromatic rings. The number of rotatable bonds is 3. The lowest BCUT2D eigenvalue weighted by Gasteiger charge is -2.15. The Morgan fingerprint density at radius 3 is 2.56 bits per heavy atom. The van der Waals surface area contributed by atoms with Crippen LogP contribution in [0.1, 0.15) is 24.8 Å². The predicted molar refractivity (Wildman–Crippen MR) is 57.2 cm³/mol. The first-order valence-electron chi connectivity index (χ1n) is 4.82. The SMILES string of the molecule is O=C(O)CC1(c2ccc(F)c(F)c2Br)CC1. The molecule has 1 aliphatic rings. The molecule has 1 N–H and O–H groups in total. The standard InChI is InChI=1S/C11H9BrF2O2/c12-9-6(1-2-7(13)10(9)14)11(3-4-11)5-8(15)16/h1-2H,3-5H2,(H,15,16). The van der Waals surface area contributed by atoms with Gasteiger partial charge in [-0.25, -0.2) is 8.78 Å². The van der Waals surface area contributed by atoms with E-state index in [1.165, 1.54) is 6.07 Å². The minimum atomic E-state index is -0.950. The highest BCUT2D eigenvalue weighted by atomic mass is 79.9. The second-order valence-corrected chi connectivity index (χ2v) is 4.87. The predicted octanol–water partition coefficient (Wildman–Crippen LogP) is 3.23. The van der Waals surface area contributed by atoms with Gasteiger partial charge in [0.25, 0.3) is 0 Å². The van der Waals surface area contributed by atoms with Crippen LogP contribution in [0.15, 0.2) is 16.6 Å². The van der Waals surface area contributed by atoms with Crippen LogP contribution in [0, 0.1) is 11.6 Å². The third kappa shape index (κ3) is 1.84. The number of hydrogen-bond acceptors (Lipinski definition) is 1. The maximum absolute atomic E-state index is 13.3. The molecule has 0 bridgehead atoms. The van der Waals surface area contributed by atoms with Gasteiger partial charge in [0.2, 0.25) is 0 Å². The number of benzene rings is 1. The molecule has 1 aromatic carbocycles. The Morgan fingerprint density at radius 1 is 1.44 bits per heavy atom. The molecule has 0 amide bonds. The van der Waals surface area contributed by atoms with Crippen molar-refractivity contribution in [3.05, 3.63) is 33.8 Å². The van der Waals surface area contributed by atoms with Crippen molar-refractivity contribution in [3.8, 4) is 0 Å². The Balaban J connectivity index is 2.42.